The molecule has 1 aromatic carbocycles. The van der Waals surface area contributed by atoms with Crippen molar-refractivity contribution in [1.29, 1.82) is 0 Å². The molecule has 0 saturated carbocycles. The van der Waals surface area contributed by atoms with Crippen molar-refractivity contribution in [2.24, 2.45) is 0 Å². The molecule has 0 aliphatic heterocycles. The third-order valence-electron chi connectivity index (χ3n) is 1.89. The SMILES string of the molecule is C=CC(=C)Oc1c(C)cc(F)cc1C. The molecular weight excluding hydrogens is 179 g/mol. The normalized spacial score (nSPS) is 9.64. The first-order chi connectivity index (χ1) is 6.54. The Morgan fingerprint density at radius 1 is 1.36 bits per heavy atom. The lowest BCUT2D eigenvalue weighted by Crippen LogP contribution is -1.96. The lowest BCUT2D eigenvalue weighted by Gasteiger charge is -2.11. The maximum atomic E-state index is 12.9. The number of aryl methyl sites for hydroxylation is 2. The van der Waals surface area contributed by atoms with E-state index in [-0.39, 0.29) is 5.82 Å². The van der Waals surface area contributed by atoms with Gasteiger partial charge in [0, 0.05) is 0 Å². The summed E-state index contributed by atoms with van der Waals surface area (Å²) in [5.41, 5.74) is 1.51. The molecule has 0 spiro atoms. The number of allylic oxidation sites excluding steroid dienone is 1. The molecule has 0 atom stereocenters. The molecule has 0 aromatic heterocycles. The number of hydrogen-bond donors (Lipinski definition) is 0. The number of ether oxygens (including phenoxy) is 1. The number of hydrogen-bond acceptors (Lipinski definition) is 1. The minimum atomic E-state index is -0.253. The van der Waals surface area contributed by atoms with Crippen LogP contribution in [0.1, 0.15) is 11.1 Å². The van der Waals surface area contributed by atoms with Gasteiger partial charge in [-0.1, -0.05) is 13.2 Å². The number of rotatable bonds is 3. The van der Waals surface area contributed by atoms with Gasteiger partial charge >= 0.3 is 0 Å². The van der Waals surface area contributed by atoms with E-state index in [0.717, 1.165) is 11.1 Å². The summed E-state index contributed by atoms with van der Waals surface area (Å²) in [4.78, 5) is 0. The van der Waals surface area contributed by atoms with Crippen molar-refractivity contribution < 1.29 is 9.13 Å². The molecule has 0 fully saturated rings. The Morgan fingerprint density at radius 2 is 1.86 bits per heavy atom. The van der Waals surface area contributed by atoms with E-state index in [1.165, 1.54) is 18.2 Å². The molecule has 0 aliphatic rings. The fourth-order valence-corrected chi connectivity index (χ4v) is 1.23. The minimum absolute atomic E-state index is 0.253. The number of halogens is 1. The molecule has 0 N–H and O–H groups in total. The first-order valence-corrected chi connectivity index (χ1v) is 4.30. The van der Waals surface area contributed by atoms with Crippen molar-refractivity contribution in [2.45, 2.75) is 13.8 Å². The molecule has 1 nitrogen and oxygen atoms in total. The monoisotopic (exact) mass is 192 g/mol. The van der Waals surface area contributed by atoms with Crippen LogP contribution >= 0.6 is 0 Å². The fourth-order valence-electron chi connectivity index (χ4n) is 1.23. The van der Waals surface area contributed by atoms with E-state index in [9.17, 15) is 4.39 Å². The Labute approximate surface area is 83.5 Å². The number of benzene rings is 1. The Morgan fingerprint density at radius 3 is 2.29 bits per heavy atom. The van der Waals surface area contributed by atoms with Gasteiger partial charge in [-0.3, -0.25) is 0 Å². The van der Waals surface area contributed by atoms with Gasteiger partial charge in [-0.2, -0.15) is 0 Å². The van der Waals surface area contributed by atoms with Gasteiger partial charge in [0.2, 0.25) is 0 Å². The van der Waals surface area contributed by atoms with Crippen molar-refractivity contribution in [3.05, 3.63) is 54.1 Å². The second-order valence-electron chi connectivity index (χ2n) is 3.14. The summed E-state index contributed by atoms with van der Waals surface area (Å²) < 4.78 is 18.3. The molecule has 0 bridgehead atoms. The van der Waals surface area contributed by atoms with E-state index in [0.29, 0.717) is 11.5 Å². The van der Waals surface area contributed by atoms with E-state index in [2.05, 4.69) is 13.2 Å². The predicted octanol–water partition coefficient (Wildman–Crippen LogP) is 3.52. The van der Waals surface area contributed by atoms with Crippen LogP contribution in [0.25, 0.3) is 0 Å². The first-order valence-electron chi connectivity index (χ1n) is 4.30. The summed E-state index contributed by atoms with van der Waals surface area (Å²) in [6.45, 7) is 10.8. The van der Waals surface area contributed by atoms with Gasteiger partial charge in [0.15, 0.2) is 0 Å². The van der Waals surface area contributed by atoms with Crippen LogP contribution in [0.2, 0.25) is 0 Å². The molecule has 0 radical (unpaired) electrons. The molecule has 1 aromatic rings. The largest absolute Gasteiger partial charge is 0.457 e. The molecule has 0 saturated heterocycles. The van der Waals surface area contributed by atoms with Gasteiger partial charge in [-0.05, 0) is 43.2 Å². The van der Waals surface area contributed by atoms with Crippen LogP contribution in [0.3, 0.4) is 0 Å². The van der Waals surface area contributed by atoms with Crippen molar-refractivity contribution in [3.8, 4) is 5.75 Å². The zero-order valence-corrected chi connectivity index (χ0v) is 8.43. The van der Waals surface area contributed by atoms with Gasteiger partial charge in [0.1, 0.15) is 17.3 Å². The minimum Gasteiger partial charge on any atom is -0.457 e. The smallest absolute Gasteiger partial charge is 0.133 e. The summed E-state index contributed by atoms with van der Waals surface area (Å²) in [6.07, 6.45) is 1.52. The van der Waals surface area contributed by atoms with Gasteiger partial charge in [0.25, 0.3) is 0 Å². The molecule has 1 rings (SSSR count). The average Bonchev–Trinajstić information content (AvgIpc) is 2.10. The van der Waals surface area contributed by atoms with Crippen LogP contribution in [-0.4, -0.2) is 0 Å². The van der Waals surface area contributed by atoms with Crippen molar-refractivity contribution in [1.82, 2.24) is 0 Å². The zero-order valence-electron chi connectivity index (χ0n) is 8.43. The topological polar surface area (TPSA) is 9.23 Å². The molecule has 0 amide bonds. The van der Waals surface area contributed by atoms with Crippen molar-refractivity contribution in [2.75, 3.05) is 0 Å². The Kier molecular flexibility index (Phi) is 3.07. The maximum Gasteiger partial charge on any atom is 0.133 e. The van der Waals surface area contributed by atoms with Crippen molar-refractivity contribution >= 4 is 0 Å². The van der Waals surface area contributed by atoms with Crippen LogP contribution < -0.4 is 4.74 Å². The Hall–Kier alpha value is -1.57. The molecule has 0 heterocycles. The molecule has 0 unspecified atom stereocenters. The third-order valence-corrected chi connectivity index (χ3v) is 1.89. The fraction of sp³-hybridized carbons (Fsp3) is 0.167. The van der Waals surface area contributed by atoms with Crippen LogP contribution in [0, 0.1) is 19.7 Å². The predicted molar refractivity (Wildman–Crippen MR) is 55.8 cm³/mol. The summed E-state index contributed by atoms with van der Waals surface area (Å²) >= 11 is 0. The van der Waals surface area contributed by atoms with E-state index in [1.807, 2.05) is 0 Å². The molecule has 14 heavy (non-hydrogen) atoms. The third kappa shape index (κ3) is 2.22. The van der Waals surface area contributed by atoms with Crippen molar-refractivity contribution in [3.63, 3.8) is 0 Å². The van der Waals surface area contributed by atoms with E-state index < -0.39 is 0 Å². The second-order valence-corrected chi connectivity index (χ2v) is 3.14. The summed E-state index contributed by atoms with van der Waals surface area (Å²) in [5, 5.41) is 0. The lowest BCUT2D eigenvalue weighted by atomic mass is 10.1. The average molecular weight is 192 g/mol. The van der Waals surface area contributed by atoms with Gasteiger partial charge in [-0.25, -0.2) is 4.39 Å². The standard InChI is InChI=1S/C12H13FO/c1-5-10(4)14-12-8(2)6-11(13)7-9(12)3/h5-7H,1,4H2,2-3H3. The van der Waals surface area contributed by atoms with E-state index >= 15 is 0 Å². The zero-order chi connectivity index (χ0) is 10.7. The highest BCUT2D eigenvalue weighted by Gasteiger charge is 2.06. The molecule has 0 aliphatic carbocycles. The summed E-state index contributed by atoms with van der Waals surface area (Å²) in [7, 11) is 0. The van der Waals surface area contributed by atoms with Gasteiger partial charge in [-0.15, -0.1) is 0 Å². The van der Waals surface area contributed by atoms with Crippen LogP contribution in [-0.2, 0) is 0 Å². The van der Waals surface area contributed by atoms with Crippen LogP contribution in [0.5, 0.6) is 5.75 Å². The highest BCUT2D eigenvalue weighted by Crippen LogP contribution is 2.25. The molecule has 2 heteroatoms. The maximum absolute atomic E-state index is 12.9. The lowest BCUT2D eigenvalue weighted by molar-refractivity contribution is 0.438. The second kappa shape index (κ2) is 4.09. The van der Waals surface area contributed by atoms with Crippen LogP contribution in [0.4, 0.5) is 4.39 Å². The highest BCUT2D eigenvalue weighted by atomic mass is 19.1. The van der Waals surface area contributed by atoms with Gasteiger partial charge in [0.05, 0.1) is 0 Å². The molecule has 74 valence electrons. The quantitative estimate of drug-likeness (QED) is 0.526. The first kappa shape index (κ1) is 10.5. The van der Waals surface area contributed by atoms with E-state index in [4.69, 9.17) is 4.74 Å². The van der Waals surface area contributed by atoms with E-state index in [1.54, 1.807) is 13.8 Å². The summed E-state index contributed by atoms with van der Waals surface area (Å²) in [6, 6.07) is 2.86. The van der Waals surface area contributed by atoms with Gasteiger partial charge < -0.3 is 4.74 Å². The van der Waals surface area contributed by atoms with Crippen LogP contribution in [0.15, 0.2) is 37.1 Å². The summed E-state index contributed by atoms with van der Waals surface area (Å²) in [5.74, 6) is 0.857. The highest BCUT2D eigenvalue weighted by molar-refractivity contribution is 5.41. The molecular formula is C12H13FO. The Bertz CT molecular complexity index is 357. The Balaban J connectivity index is 3.08.